The van der Waals surface area contributed by atoms with Gasteiger partial charge in [0.15, 0.2) is 6.61 Å². The summed E-state index contributed by atoms with van der Waals surface area (Å²) in [6, 6.07) is 11.7. The lowest BCUT2D eigenvalue weighted by Crippen LogP contribution is -2.34. The van der Waals surface area contributed by atoms with Crippen LogP contribution in [0.1, 0.15) is 24.6 Å². The van der Waals surface area contributed by atoms with Crippen LogP contribution in [0.5, 0.6) is 5.75 Å². The first-order chi connectivity index (χ1) is 10.2. The standard InChI is InChI=1S/C16H17BrN2O2/c17-12-5-7-13(8-6-12)21-11-16(20)19-10-2-4-15(19)14-3-1-9-18-14/h1,3,5-9,15,18H,2,4,10-11H2/t15-/m0/s1. The number of nitrogens with zero attached hydrogens (tertiary/aromatic N) is 1. The molecule has 1 aliphatic heterocycles. The predicted octanol–water partition coefficient (Wildman–Crippen LogP) is 3.52. The van der Waals surface area contributed by atoms with Crippen molar-refractivity contribution in [3.63, 3.8) is 0 Å². The lowest BCUT2D eigenvalue weighted by atomic mass is 10.1. The van der Waals surface area contributed by atoms with E-state index in [0.717, 1.165) is 29.6 Å². The maximum Gasteiger partial charge on any atom is 0.261 e. The van der Waals surface area contributed by atoms with Gasteiger partial charge in [-0.2, -0.15) is 0 Å². The van der Waals surface area contributed by atoms with Gasteiger partial charge in [-0.05, 0) is 49.2 Å². The highest BCUT2D eigenvalue weighted by Gasteiger charge is 2.30. The molecule has 0 saturated carbocycles. The van der Waals surface area contributed by atoms with E-state index in [4.69, 9.17) is 4.74 Å². The minimum atomic E-state index is 0.0371. The first-order valence-electron chi connectivity index (χ1n) is 7.05. The molecule has 0 aliphatic carbocycles. The number of nitrogens with one attached hydrogen (secondary N) is 1. The van der Waals surface area contributed by atoms with Gasteiger partial charge in [-0.25, -0.2) is 0 Å². The number of likely N-dealkylation sites (tertiary alicyclic amines) is 1. The number of aromatic nitrogens is 1. The molecular weight excluding hydrogens is 332 g/mol. The molecule has 1 atom stereocenters. The number of carbonyl (C=O) groups is 1. The van der Waals surface area contributed by atoms with Crippen molar-refractivity contribution in [1.82, 2.24) is 9.88 Å². The van der Waals surface area contributed by atoms with Gasteiger partial charge in [0, 0.05) is 22.9 Å². The summed E-state index contributed by atoms with van der Waals surface area (Å²) >= 11 is 3.38. The lowest BCUT2D eigenvalue weighted by molar-refractivity contribution is -0.134. The number of halogens is 1. The molecule has 1 saturated heterocycles. The zero-order valence-electron chi connectivity index (χ0n) is 11.6. The van der Waals surface area contributed by atoms with Crippen molar-refractivity contribution >= 4 is 21.8 Å². The summed E-state index contributed by atoms with van der Waals surface area (Å²) in [5, 5.41) is 0. The molecule has 110 valence electrons. The largest absolute Gasteiger partial charge is 0.484 e. The van der Waals surface area contributed by atoms with E-state index >= 15 is 0 Å². The summed E-state index contributed by atoms with van der Waals surface area (Å²) in [5.41, 5.74) is 1.10. The van der Waals surface area contributed by atoms with Crippen LogP contribution >= 0.6 is 15.9 Å². The highest BCUT2D eigenvalue weighted by molar-refractivity contribution is 9.10. The molecule has 1 amide bonds. The van der Waals surface area contributed by atoms with Crippen molar-refractivity contribution in [2.75, 3.05) is 13.2 Å². The van der Waals surface area contributed by atoms with E-state index in [2.05, 4.69) is 20.9 Å². The Morgan fingerprint density at radius 1 is 1.33 bits per heavy atom. The van der Waals surface area contributed by atoms with E-state index in [1.165, 1.54) is 0 Å². The molecule has 2 heterocycles. The molecule has 5 heteroatoms. The van der Waals surface area contributed by atoms with Crippen molar-refractivity contribution < 1.29 is 9.53 Å². The van der Waals surface area contributed by atoms with Gasteiger partial charge in [0.2, 0.25) is 0 Å². The second-order valence-electron chi connectivity index (χ2n) is 5.11. The van der Waals surface area contributed by atoms with Crippen LogP contribution < -0.4 is 4.74 Å². The van der Waals surface area contributed by atoms with E-state index in [0.29, 0.717) is 5.75 Å². The summed E-state index contributed by atoms with van der Waals surface area (Å²) < 4.78 is 6.57. The third-order valence-electron chi connectivity index (χ3n) is 3.73. The topological polar surface area (TPSA) is 45.3 Å². The number of carbonyl (C=O) groups excluding carboxylic acids is 1. The Labute approximate surface area is 132 Å². The Bertz CT molecular complexity index is 595. The number of hydrogen-bond donors (Lipinski definition) is 1. The number of hydrogen-bond acceptors (Lipinski definition) is 2. The molecule has 0 radical (unpaired) electrons. The molecule has 1 N–H and O–H groups in total. The second kappa shape index (κ2) is 6.35. The van der Waals surface area contributed by atoms with Gasteiger partial charge in [-0.1, -0.05) is 15.9 Å². The number of rotatable bonds is 4. The molecule has 2 aromatic rings. The van der Waals surface area contributed by atoms with Crippen molar-refractivity contribution in [3.8, 4) is 5.75 Å². The highest BCUT2D eigenvalue weighted by atomic mass is 79.9. The van der Waals surface area contributed by atoms with Crippen LogP contribution in [0.4, 0.5) is 0 Å². The van der Waals surface area contributed by atoms with Crippen molar-refractivity contribution in [2.24, 2.45) is 0 Å². The summed E-state index contributed by atoms with van der Waals surface area (Å²) in [4.78, 5) is 17.5. The smallest absolute Gasteiger partial charge is 0.261 e. The summed E-state index contributed by atoms with van der Waals surface area (Å²) in [7, 11) is 0. The monoisotopic (exact) mass is 348 g/mol. The fourth-order valence-electron chi connectivity index (χ4n) is 2.70. The maximum atomic E-state index is 12.4. The van der Waals surface area contributed by atoms with E-state index in [1.54, 1.807) is 0 Å². The van der Waals surface area contributed by atoms with E-state index in [1.807, 2.05) is 47.5 Å². The average Bonchev–Trinajstić information content (AvgIpc) is 3.16. The predicted molar refractivity (Wildman–Crippen MR) is 84.1 cm³/mol. The summed E-state index contributed by atoms with van der Waals surface area (Å²) in [6.45, 7) is 0.880. The van der Waals surface area contributed by atoms with Crippen LogP contribution in [0.3, 0.4) is 0 Å². The SMILES string of the molecule is O=C(COc1ccc(Br)cc1)N1CCC[C@H]1c1ccc[nH]1. The Kier molecular flexibility index (Phi) is 4.29. The van der Waals surface area contributed by atoms with Crippen LogP contribution in [-0.2, 0) is 4.79 Å². The average molecular weight is 349 g/mol. The van der Waals surface area contributed by atoms with Crippen molar-refractivity contribution in [1.29, 1.82) is 0 Å². The fourth-order valence-corrected chi connectivity index (χ4v) is 2.96. The van der Waals surface area contributed by atoms with E-state index < -0.39 is 0 Å². The van der Waals surface area contributed by atoms with E-state index in [-0.39, 0.29) is 18.6 Å². The van der Waals surface area contributed by atoms with Crippen LogP contribution in [0.25, 0.3) is 0 Å². The van der Waals surface area contributed by atoms with Gasteiger partial charge in [0.1, 0.15) is 5.75 Å². The fraction of sp³-hybridized carbons (Fsp3) is 0.312. The van der Waals surface area contributed by atoms with Crippen LogP contribution in [0.2, 0.25) is 0 Å². The summed E-state index contributed by atoms with van der Waals surface area (Å²) in [5.74, 6) is 0.747. The van der Waals surface area contributed by atoms with Crippen LogP contribution in [0.15, 0.2) is 47.1 Å². The molecule has 0 bridgehead atoms. The van der Waals surface area contributed by atoms with Gasteiger partial charge in [0.25, 0.3) is 5.91 Å². The van der Waals surface area contributed by atoms with Gasteiger partial charge in [-0.15, -0.1) is 0 Å². The highest BCUT2D eigenvalue weighted by Crippen LogP contribution is 2.30. The maximum absolute atomic E-state index is 12.4. The number of ether oxygens (including phenoxy) is 1. The number of benzene rings is 1. The Morgan fingerprint density at radius 2 is 2.14 bits per heavy atom. The molecule has 0 spiro atoms. The Balaban J connectivity index is 1.61. The van der Waals surface area contributed by atoms with E-state index in [9.17, 15) is 4.79 Å². The van der Waals surface area contributed by atoms with Crippen LogP contribution in [0, 0.1) is 0 Å². The van der Waals surface area contributed by atoms with Gasteiger partial charge >= 0.3 is 0 Å². The zero-order valence-corrected chi connectivity index (χ0v) is 13.2. The van der Waals surface area contributed by atoms with Gasteiger partial charge in [0.05, 0.1) is 6.04 Å². The quantitative estimate of drug-likeness (QED) is 0.918. The molecule has 3 rings (SSSR count). The molecule has 0 unspecified atom stereocenters. The Hall–Kier alpha value is -1.75. The normalized spacial score (nSPS) is 18.0. The molecular formula is C16H17BrN2O2. The van der Waals surface area contributed by atoms with Gasteiger partial charge < -0.3 is 14.6 Å². The minimum Gasteiger partial charge on any atom is -0.484 e. The van der Waals surface area contributed by atoms with Crippen molar-refractivity contribution in [3.05, 3.63) is 52.8 Å². The summed E-state index contributed by atoms with van der Waals surface area (Å²) in [6.07, 6.45) is 3.94. The molecule has 1 fully saturated rings. The molecule has 1 aromatic carbocycles. The number of amides is 1. The zero-order chi connectivity index (χ0) is 14.7. The first-order valence-corrected chi connectivity index (χ1v) is 7.84. The van der Waals surface area contributed by atoms with Gasteiger partial charge in [-0.3, -0.25) is 4.79 Å². The lowest BCUT2D eigenvalue weighted by Gasteiger charge is -2.24. The first kappa shape index (κ1) is 14.2. The third kappa shape index (κ3) is 3.29. The minimum absolute atomic E-state index is 0.0371. The van der Waals surface area contributed by atoms with Crippen molar-refractivity contribution in [2.45, 2.75) is 18.9 Å². The second-order valence-corrected chi connectivity index (χ2v) is 6.03. The molecule has 4 nitrogen and oxygen atoms in total. The Morgan fingerprint density at radius 3 is 2.86 bits per heavy atom. The number of H-pyrrole nitrogens is 1. The molecule has 1 aromatic heterocycles. The number of aromatic amines is 1. The molecule has 1 aliphatic rings. The molecule has 21 heavy (non-hydrogen) atoms. The van der Waals surface area contributed by atoms with Crippen LogP contribution in [-0.4, -0.2) is 28.9 Å². The third-order valence-corrected chi connectivity index (χ3v) is 4.26.